The molecule has 0 saturated carbocycles. The lowest BCUT2D eigenvalue weighted by Gasteiger charge is -2.15. The highest BCUT2D eigenvalue weighted by atomic mass is 35.5. The molecule has 1 heterocycles. The number of halogens is 1. The van der Waals surface area contributed by atoms with Crippen molar-refractivity contribution in [2.45, 2.75) is 52.1 Å². The molecular formula is C29H30ClNO6. The number of oxazole rings is 1. The molecule has 0 aliphatic carbocycles. The number of ether oxygens (including phenoxy) is 2. The molecule has 0 bridgehead atoms. The summed E-state index contributed by atoms with van der Waals surface area (Å²) in [6.07, 6.45) is 2.72. The fraction of sp³-hybridized carbons (Fsp3) is 0.345. The van der Waals surface area contributed by atoms with Gasteiger partial charge in [0.1, 0.15) is 11.3 Å². The highest BCUT2D eigenvalue weighted by Gasteiger charge is 2.28. The largest absolute Gasteiger partial charge is 0.494 e. The van der Waals surface area contributed by atoms with Crippen molar-refractivity contribution in [3.8, 4) is 17.2 Å². The molecule has 1 N–H and O–H groups in total. The average Bonchev–Trinajstić information content (AvgIpc) is 3.30. The number of aliphatic carboxylic acids is 1. The molecular weight excluding hydrogens is 494 g/mol. The smallest absolute Gasteiger partial charge is 0.320 e. The summed E-state index contributed by atoms with van der Waals surface area (Å²) in [5.74, 6) is -1.64. The standard InChI is InChI=1S/C29H30ClNO6/c1-3-18(2)36-29(34)24(28(32)33)9-5-4-6-15-35-21-12-13-22-19(16-21)8-7-10-23(22)27-31-25-17-20(30)11-14-26(25)37-27/h7-8,10-14,16-18,24H,3-6,9,15H2,1-2H3,(H,32,33). The van der Waals surface area contributed by atoms with Crippen LogP contribution in [0.1, 0.15) is 46.0 Å². The van der Waals surface area contributed by atoms with Crippen molar-refractivity contribution in [1.29, 1.82) is 0 Å². The van der Waals surface area contributed by atoms with Gasteiger partial charge in [0.2, 0.25) is 5.89 Å². The summed E-state index contributed by atoms with van der Waals surface area (Å²) in [5, 5.41) is 12.0. The van der Waals surface area contributed by atoms with Crippen LogP contribution >= 0.6 is 11.6 Å². The molecule has 2 unspecified atom stereocenters. The van der Waals surface area contributed by atoms with Gasteiger partial charge in [0.25, 0.3) is 0 Å². The third kappa shape index (κ3) is 6.60. The van der Waals surface area contributed by atoms with E-state index in [2.05, 4.69) is 4.98 Å². The molecule has 0 spiro atoms. The number of rotatable bonds is 12. The number of fused-ring (bicyclic) bond motifs is 2. The van der Waals surface area contributed by atoms with Crippen LogP contribution in [-0.4, -0.2) is 34.7 Å². The highest BCUT2D eigenvalue weighted by Crippen LogP contribution is 2.33. The number of aromatic nitrogens is 1. The van der Waals surface area contributed by atoms with E-state index in [1.54, 1.807) is 19.1 Å². The van der Waals surface area contributed by atoms with Gasteiger partial charge in [0.15, 0.2) is 11.5 Å². The fourth-order valence-electron chi connectivity index (χ4n) is 4.08. The summed E-state index contributed by atoms with van der Waals surface area (Å²) < 4.78 is 17.1. The molecule has 0 fully saturated rings. The second kappa shape index (κ2) is 12.1. The minimum atomic E-state index is -1.14. The predicted octanol–water partition coefficient (Wildman–Crippen LogP) is 7.28. The Labute approximate surface area is 220 Å². The Morgan fingerprint density at radius 2 is 1.92 bits per heavy atom. The number of carboxylic acids is 1. The van der Waals surface area contributed by atoms with Crippen molar-refractivity contribution in [1.82, 2.24) is 4.98 Å². The minimum absolute atomic E-state index is 0.255. The first-order chi connectivity index (χ1) is 17.9. The molecule has 7 nitrogen and oxygen atoms in total. The number of unbranched alkanes of at least 4 members (excludes halogenated alkanes) is 2. The number of carbonyl (C=O) groups excluding carboxylic acids is 1. The topological polar surface area (TPSA) is 98.9 Å². The Morgan fingerprint density at radius 3 is 2.70 bits per heavy atom. The second-order valence-corrected chi connectivity index (χ2v) is 9.50. The Hall–Kier alpha value is -3.58. The van der Waals surface area contributed by atoms with Gasteiger partial charge >= 0.3 is 11.9 Å². The Bertz CT molecular complexity index is 1400. The zero-order valence-corrected chi connectivity index (χ0v) is 21.7. The van der Waals surface area contributed by atoms with Gasteiger partial charge < -0.3 is 19.0 Å². The van der Waals surface area contributed by atoms with Gasteiger partial charge in [-0.25, -0.2) is 4.98 Å². The van der Waals surface area contributed by atoms with Crippen molar-refractivity contribution in [3.05, 3.63) is 59.6 Å². The SMILES string of the molecule is CCC(C)OC(=O)C(CCCCCOc1ccc2c(-c3nc4cc(Cl)ccc4o3)cccc2c1)C(=O)O. The Morgan fingerprint density at radius 1 is 1.08 bits per heavy atom. The summed E-state index contributed by atoms with van der Waals surface area (Å²) >= 11 is 6.08. The molecule has 2 atom stereocenters. The number of hydrogen-bond donors (Lipinski definition) is 1. The number of carboxylic acid groups (broad SMARTS) is 1. The van der Waals surface area contributed by atoms with E-state index in [1.807, 2.05) is 49.4 Å². The maximum atomic E-state index is 12.1. The first-order valence-electron chi connectivity index (χ1n) is 12.5. The Kier molecular flexibility index (Phi) is 8.66. The quantitative estimate of drug-likeness (QED) is 0.118. The molecule has 0 saturated heterocycles. The number of esters is 1. The first kappa shape index (κ1) is 26.5. The van der Waals surface area contributed by atoms with Crippen LogP contribution in [0.2, 0.25) is 5.02 Å². The molecule has 0 radical (unpaired) electrons. The summed E-state index contributed by atoms with van der Waals surface area (Å²) in [4.78, 5) is 28.2. The van der Waals surface area contributed by atoms with E-state index >= 15 is 0 Å². The lowest BCUT2D eigenvalue weighted by Crippen LogP contribution is -2.28. The molecule has 0 aliphatic rings. The maximum absolute atomic E-state index is 12.1. The molecule has 37 heavy (non-hydrogen) atoms. The van der Waals surface area contributed by atoms with E-state index in [-0.39, 0.29) is 12.5 Å². The molecule has 4 rings (SSSR count). The lowest BCUT2D eigenvalue weighted by molar-refractivity contribution is -0.162. The number of benzene rings is 3. The van der Waals surface area contributed by atoms with E-state index in [0.717, 1.165) is 34.9 Å². The summed E-state index contributed by atoms with van der Waals surface area (Å²) in [6, 6.07) is 17.2. The van der Waals surface area contributed by atoms with Crippen molar-refractivity contribution in [2.24, 2.45) is 5.92 Å². The van der Waals surface area contributed by atoms with Gasteiger partial charge in [0, 0.05) is 10.6 Å². The first-order valence-corrected chi connectivity index (χ1v) is 12.9. The van der Waals surface area contributed by atoms with Crippen LogP contribution in [0.5, 0.6) is 5.75 Å². The zero-order chi connectivity index (χ0) is 26.4. The second-order valence-electron chi connectivity index (χ2n) is 9.06. The molecule has 4 aromatic rings. The zero-order valence-electron chi connectivity index (χ0n) is 20.9. The van der Waals surface area contributed by atoms with Crippen LogP contribution in [0.25, 0.3) is 33.3 Å². The van der Waals surface area contributed by atoms with Gasteiger partial charge in [0.05, 0.1) is 12.7 Å². The van der Waals surface area contributed by atoms with E-state index in [4.69, 9.17) is 25.5 Å². The molecule has 1 aromatic heterocycles. The van der Waals surface area contributed by atoms with E-state index in [1.165, 1.54) is 0 Å². The lowest BCUT2D eigenvalue weighted by atomic mass is 10.0. The fourth-order valence-corrected chi connectivity index (χ4v) is 4.24. The van der Waals surface area contributed by atoms with Gasteiger partial charge in [-0.15, -0.1) is 0 Å². The van der Waals surface area contributed by atoms with Gasteiger partial charge in [-0.2, -0.15) is 0 Å². The third-order valence-corrected chi connectivity index (χ3v) is 6.55. The molecule has 8 heteroatoms. The van der Waals surface area contributed by atoms with Crippen LogP contribution in [0, 0.1) is 5.92 Å². The predicted molar refractivity (Wildman–Crippen MR) is 143 cm³/mol. The highest BCUT2D eigenvalue weighted by molar-refractivity contribution is 6.31. The van der Waals surface area contributed by atoms with E-state index in [9.17, 15) is 14.7 Å². The number of carbonyl (C=O) groups is 2. The van der Waals surface area contributed by atoms with Crippen molar-refractivity contribution < 1.29 is 28.6 Å². The van der Waals surface area contributed by atoms with Crippen LogP contribution in [0.4, 0.5) is 0 Å². The molecule has 0 aliphatic heterocycles. The van der Waals surface area contributed by atoms with E-state index in [0.29, 0.717) is 41.5 Å². The maximum Gasteiger partial charge on any atom is 0.320 e. The average molecular weight is 524 g/mol. The van der Waals surface area contributed by atoms with Gasteiger partial charge in [-0.1, -0.05) is 43.5 Å². The van der Waals surface area contributed by atoms with Crippen LogP contribution in [0.3, 0.4) is 0 Å². The van der Waals surface area contributed by atoms with Crippen LogP contribution < -0.4 is 4.74 Å². The monoisotopic (exact) mass is 523 g/mol. The van der Waals surface area contributed by atoms with Crippen LogP contribution in [0.15, 0.2) is 59.0 Å². The van der Waals surface area contributed by atoms with E-state index < -0.39 is 17.9 Å². The summed E-state index contributed by atoms with van der Waals surface area (Å²) in [6.45, 7) is 4.14. The third-order valence-electron chi connectivity index (χ3n) is 6.31. The van der Waals surface area contributed by atoms with Gasteiger partial charge in [-0.05, 0) is 79.4 Å². The molecule has 0 amide bonds. The molecule has 194 valence electrons. The number of hydrogen-bond acceptors (Lipinski definition) is 6. The number of nitrogens with zero attached hydrogens (tertiary/aromatic N) is 1. The normalized spacial score (nSPS) is 12.9. The molecule has 3 aromatic carbocycles. The van der Waals surface area contributed by atoms with Crippen LogP contribution in [-0.2, 0) is 14.3 Å². The van der Waals surface area contributed by atoms with Crippen molar-refractivity contribution in [3.63, 3.8) is 0 Å². The van der Waals surface area contributed by atoms with Crippen molar-refractivity contribution in [2.75, 3.05) is 6.61 Å². The van der Waals surface area contributed by atoms with Gasteiger partial charge in [-0.3, -0.25) is 9.59 Å². The summed E-state index contributed by atoms with van der Waals surface area (Å²) in [5.41, 5.74) is 2.27. The minimum Gasteiger partial charge on any atom is -0.494 e. The Balaban J connectivity index is 1.32. The summed E-state index contributed by atoms with van der Waals surface area (Å²) in [7, 11) is 0. The van der Waals surface area contributed by atoms with Crippen molar-refractivity contribution >= 4 is 45.4 Å².